The van der Waals surface area contributed by atoms with E-state index < -0.39 is 5.97 Å². The van der Waals surface area contributed by atoms with Gasteiger partial charge in [0.05, 0.1) is 11.4 Å². The first kappa shape index (κ1) is 20.7. The molecule has 5 nitrogen and oxygen atoms in total. The molecule has 2 aromatic carbocycles. The third-order valence-corrected chi connectivity index (χ3v) is 5.11. The summed E-state index contributed by atoms with van der Waals surface area (Å²) in [6.45, 7) is 4.54. The van der Waals surface area contributed by atoms with Crippen molar-refractivity contribution in [2.75, 3.05) is 0 Å². The van der Waals surface area contributed by atoms with E-state index in [0.717, 1.165) is 29.1 Å². The van der Waals surface area contributed by atoms with Crippen LogP contribution in [0, 0.1) is 19.7 Å². The molecule has 0 fully saturated rings. The summed E-state index contributed by atoms with van der Waals surface area (Å²) >= 11 is 0. The SMILES string of the molecule is Cc1nn(-c2ccc(F)cc2)c(C)c1CNC(CCC(=O)O)Cc1ccccc1. The van der Waals surface area contributed by atoms with Crippen molar-refractivity contribution in [2.24, 2.45) is 0 Å². The molecule has 0 aliphatic rings. The van der Waals surface area contributed by atoms with Crippen molar-refractivity contribution in [2.45, 2.75) is 45.7 Å². The van der Waals surface area contributed by atoms with Gasteiger partial charge >= 0.3 is 5.97 Å². The van der Waals surface area contributed by atoms with Crippen molar-refractivity contribution in [3.05, 3.63) is 82.9 Å². The molecule has 3 rings (SSSR count). The Balaban J connectivity index is 1.74. The molecule has 1 aromatic heterocycles. The Morgan fingerprint density at radius 1 is 1.14 bits per heavy atom. The normalized spacial score (nSPS) is 12.1. The summed E-state index contributed by atoms with van der Waals surface area (Å²) < 4.78 is 15.0. The quantitative estimate of drug-likeness (QED) is 0.570. The van der Waals surface area contributed by atoms with Crippen LogP contribution in [0.4, 0.5) is 4.39 Å². The number of nitrogens with one attached hydrogen (secondary N) is 1. The number of halogens is 1. The number of carboxylic acids is 1. The van der Waals surface area contributed by atoms with Gasteiger partial charge in [0.1, 0.15) is 5.82 Å². The van der Waals surface area contributed by atoms with E-state index >= 15 is 0 Å². The van der Waals surface area contributed by atoms with Crippen LogP contribution in [0.3, 0.4) is 0 Å². The van der Waals surface area contributed by atoms with Crippen LogP contribution in [0.5, 0.6) is 0 Å². The van der Waals surface area contributed by atoms with Gasteiger partial charge in [0.25, 0.3) is 0 Å². The molecule has 152 valence electrons. The summed E-state index contributed by atoms with van der Waals surface area (Å²) in [4.78, 5) is 11.1. The van der Waals surface area contributed by atoms with Crippen LogP contribution in [-0.2, 0) is 17.8 Å². The van der Waals surface area contributed by atoms with E-state index in [-0.39, 0.29) is 18.3 Å². The van der Waals surface area contributed by atoms with Crippen molar-refractivity contribution in [3.8, 4) is 5.69 Å². The monoisotopic (exact) mass is 395 g/mol. The van der Waals surface area contributed by atoms with Crippen molar-refractivity contribution in [1.29, 1.82) is 0 Å². The van der Waals surface area contributed by atoms with Gasteiger partial charge in [-0.25, -0.2) is 9.07 Å². The lowest BCUT2D eigenvalue weighted by atomic mass is 10.0. The standard InChI is InChI=1S/C23H26FN3O2/c1-16-22(17(2)27(26-16)21-11-8-19(24)9-12-21)15-25-20(10-13-23(28)29)14-18-6-4-3-5-7-18/h3-9,11-12,20,25H,10,13-15H2,1-2H3,(H,28,29). The number of aromatic nitrogens is 2. The Hall–Kier alpha value is -2.99. The van der Waals surface area contributed by atoms with Crippen molar-refractivity contribution in [1.82, 2.24) is 15.1 Å². The topological polar surface area (TPSA) is 67.2 Å². The van der Waals surface area contributed by atoms with Gasteiger partial charge < -0.3 is 10.4 Å². The van der Waals surface area contributed by atoms with Crippen molar-refractivity contribution in [3.63, 3.8) is 0 Å². The molecular weight excluding hydrogens is 369 g/mol. The Morgan fingerprint density at radius 3 is 2.48 bits per heavy atom. The zero-order valence-corrected chi connectivity index (χ0v) is 16.7. The van der Waals surface area contributed by atoms with Crippen LogP contribution in [0.15, 0.2) is 54.6 Å². The second-order valence-electron chi connectivity index (χ2n) is 7.24. The van der Waals surface area contributed by atoms with Gasteiger partial charge in [-0.3, -0.25) is 4.79 Å². The largest absolute Gasteiger partial charge is 0.481 e. The molecule has 0 aliphatic carbocycles. The molecule has 0 amide bonds. The summed E-state index contributed by atoms with van der Waals surface area (Å²) in [5.74, 6) is -1.07. The maximum absolute atomic E-state index is 13.2. The zero-order chi connectivity index (χ0) is 20.8. The molecule has 0 saturated carbocycles. The van der Waals surface area contributed by atoms with Crippen LogP contribution in [0.2, 0.25) is 0 Å². The number of rotatable bonds is 9. The lowest BCUT2D eigenvalue weighted by molar-refractivity contribution is -0.137. The average molecular weight is 395 g/mol. The first-order chi connectivity index (χ1) is 13.9. The highest BCUT2D eigenvalue weighted by Crippen LogP contribution is 2.19. The Morgan fingerprint density at radius 2 is 1.83 bits per heavy atom. The van der Waals surface area contributed by atoms with E-state index in [1.165, 1.54) is 17.7 Å². The van der Waals surface area contributed by atoms with Gasteiger partial charge in [-0.05, 0) is 56.5 Å². The molecule has 0 saturated heterocycles. The first-order valence-corrected chi connectivity index (χ1v) is 9.74. The van der Waals surface area contributed by atoms with E-state index in [2.05, 4.69) is 22.5 Å². The molecule has 2 N–H and O–H groups in total. The van der Waals surface area contributed by atoms with Crippen LogP contribution in [0.1, 0.15) is 35.4 Å². The van der Waals surface area contributed by atoms with Gasteiger partial charge in [-0.15, -0.1) is 0 Å². The number of hydrogen-bond acceptors (Lipinski definition) is 3. The van der Waals surface area contributed by atoms with Crippen LogP contribution < -0.4 is 5.32 Å². The fraction of sp³-hybridized carbons (Fsp3) is 0.304. The fourth-order valence-electron chi connectivity index (χ4n) is 3.48. The number of benzene rings is 2. The highest BCUT2D eigenvalue weighted by Gasteiger charge is 2.16. The summed E-state index contributed by atoms with van der Waals surface area (Å²) in [5.41, 5.74) is 4.94. The predicted octanol–water partition coefficient (Wildman–Crippen LogP) is 4.19. The molecule has 0 spiro atoms. The van der Waals surface area contributed by atoms with Crippen molar-refractivity contribution >= 4 is 5.97 Å². The molecule has 0 radical (unpaired) electrons. The van der Waals surface area contributed by atoms with Gasteiger partial charge in [0, 0.05) is 30.3 Å². The third kappa shape index (κ3) is 5.51. The minimum absolute atomic E-state index is 0.0430. The summed E-state index contributed by atoms with van der Waals surface area (Å²) in [6, 6.07) is 16.4. The number of carbonyl (C=O) groups is 1. The van der Waals surface area contributed by atoms with E-state index in [1.807, 2.05) is 36.7 Å². The zero-order valence-electron chi connectivity index (χ0n) is 16.7. The summed E-state index contributed by atoms with van der Waals surface area (Å²) in [5, 5.41) is 17.2. The predicted molar refractivity (Wildman–Crippen MR) is 111 cm³/mol. The molecule has 6 heteroatoms. The maximum Gasteiger partial charge on any atom is 0.303 e. The first-order valence-electron chi connectivity index (χ1n) is 9.74. The van der Waals surface area contributed by atoms with Gasteiger partial charge in [0.15, 0.2) is 0 Å². The lowest BCUT2D eigenvalue weighted by Crippen LogP contribution is -2.31. The molecule has 1 heterocycles. The van der Waals surface area contributed by atoms with Gasteiger partial charge in [-0.1, -0.05) is 30.3 Å². The summed E-state index contributed by atoms with van der Waals surface area (Å²) in [6.07, 6.45) is 1.43. The van der Waals surface area contributed by atoms with Crippen LogP contribution >= 0.6 is 0 Å². The number of aliphatic carboxylic acids is 1. The van der Waals surface area contributed by atoms with Crippen molar-refractivity contribution < 1.29 is 14.3 Å². The van der Waals surface area contributed by atoms with E-state index in [1.54, 1.807) is 12.1 Å². The van der Waals surface area contributed by atoms with E-state index in [9.17, 15) is 9.18 Å². The molecule has 3 aromatic rings. The molecule has 29 heavy (non-hydrogen) atoms. The molecule has 1 atom stereocenters. The number of nitrogens with zero attached hydrogens (tertiary/aromatic N) is 2. The Bertz CT molecular complexity index is 952. The van der Waals surface area contributed by atoms with Gasteiger partial charge in [0.2, 0.25) is 0 Å². The van der Waals surface area contributed by atoms with Crippen LogP contribution in [0.25, 0.3) is 5.69 Å². The summed E-state index contributed by atoms with van der Waals surface area (Å²) in [7, 11) is 0. The Kier molecular flexibility index (Phi) is 6.77. The maximum atomic E-state index is 13.2. The van der Waals surface area contributed by atoms with Gasteiger partial charge in [-0.2, -0.15) is 5.10 Å². The average Bonchev–Trinajstić information content (AvgIpc) is 2.99. The second kappa shape index (κ2) is 9.47. The number of carboxylic acid groups (broad SMARTS) is 1. The van der Waals surface area contributed by atoms with E-state index in [0.29, 0.717) is 13.0 Å². The fourth-order valence-corrected chi connectivity index (χ4v) is 3.48. The third-order valence-electron chi connectivity index (χ3n) is 5.11. The molecule has 1 unspecified atom stereocenters. The minimum atomic E-state index is -0.790. The lowest BCUT2D eigenvalue weighted by Gasteiger charge is -2.18. The highest BCUT2D eigenvalue weighted by molar-refractivity contribution is 5.66. The molecule has 0 aliphatic heterocycles. The number of aryl methyl sites for hydroxylation is 1. The van der Waals surface area contributed by atoms with E-state index in [4.69, 9.17) is 5.11 Å². The molecule has 0 bridgehead atoms. The Labute approximate surface area is 170 Å². The molecular formula is C23H26FN3O2. The minimum Gasteiger partial charge on any atom is -0.481 e. The highest BCUT2D eigenvalue weighted by atomic mass is 19.1. The number of hydrogen-bond donors (Lipinski definition) is 2. The van der Waals surface area contributed by atoms with Crippen LogP contribution in [-0.4, -0.2) is 26.9 Å². The smallest absolute Gasteiger partial charge is 0.303 e. The second-order valence-corrected chi connectivity index (χ2v) is 7.24.